The van der Waals surface area contributed by atoms with Crippen molar-refractivity contribution in [3.05, 3.63) is 70.7 Å². The molecule has 0 amide bonds. The highest BCUT2D eigenvalue weighted by Crippen LogP contribution is 2.33. The van der Waals surface area contributed by atoms with Gasteiger partial charge in [-0.25, -0.2) is 0 Å². The fourth-order valence-electron chi connectivity index (χ4n) is 1.88. The van der Waals surface area contributed by atoms with E-state index in [0.29, 0.717) is 17.0 Å². The van der Waals surface area contributed by atoms with Gasteiger partial charge in [0, 0.05) is 17.0 Å². The molecular weight excluding hydrogens is 290 g/mol. The van der Waals surface area contributed by atoms with Crippen LogP contribution in [0.3, 0.4) is 0 Å². The molecule has 0 saturated carbocycles. The van der Waals surface area contributed by atoms with Crippen LogP contribution in [0.5, 0.6) is 0 Å². The lowest BCUT2D eigenvalue weighted by molar-refractivity contribution is 0.0982. The van der Waals surface area contributed by atoms with Crippen molar-refractivity contribution < 1.29 is 4.79 Å². The Balaban J connectivity index is 2.16. The molecule has 0 aliphatic carbocycles. The number of thioether (sulfide) groups is 1. The number of hydrogen-bond acceptors (Lipinski definition) is 3. The Labute approximate surface area is 127 Å². The van der Waals surface area contributed by atoms with Gasteiger partial charge in [0.05, 0.1) is 5.25 Å². The summed E-state index contributed by atoms with van der Waals surface area (Å²) in [5, 5.41) is 11.4. The van der Waals surface area contributed by atoms with Gasteiger partial charge in [0.2, 0.25) is 0 Å². The molecule has 0 spiro atoms. The molecule has 0 radical (unpaired) electrons. The molecule has 0 bridgehead atoms. The highest BCUT2D eigenvalue weighted by Gasteiger charge is 2.17. The van der Waals surface area contributed by atoms with Gasteiger partial charge in [0.15, 0.2) is 5.78 Å². The molecule has 2 aromatic carbocycles. The van der Waals surface area contributed by atoms with Crippen molar-refractivity contribution in [1.82, 2.24) is 0 Å². The number of Topliss-reactive ketones (excluding diaryl/α,β-unsaturated/α-hetero) is 1. The predicted octanol–water partition coefficient (Wildman–Crippen LogP) is 4.87. The largest absolute Gasteiger partial charge is 0.294 e. The van der Waals surface area contributed by atoms with Crippen LogP contribution in [-0.4, -0.2) is 5.78 Å². The van der Waals surface area contributed by atoms with Crippen molar-refractivity contribution in [3.8, 4) is 5.40 Å². The van der Waals surface area contributed by atoms with Crippen LogP contribution >= 0.6 is 23.4 Å². The SMILES string of the molecule is N#CSC(CC(=O)c1ccccc1)c1ccc(Cl)cc1. The summed E-state index contributed by atoms with van der Waals surface area (Å²) in [5.41, 5.74) is 1.61. The summed E-state index contributed by atoms with van der Waals surface area (Å²) in [6.07, 6.45) is 0.296. The molecule has 0 saturated heterocycles. The first-order valence-corrected chi connectivity index (χ1v) is 7.35. The summed E-state index contributed by atoms with van der Waals surface area (Å²) >= 11 is 6.96. The van der Waals surface area contributed by atoms with Gasteiger partial charge in [-0.05, 0) is 29.5 Å². The van der Waals surface area contributed by atoms with E-state index in [-0.39, 0.29) is 11.0 Å². The third kappa shape index (κ3) is 3.86. The molecule has 1 atom stereocenters. The van der Waals surface area contributed by atoms with Crippen LogP contribution < -0.4 is 0 Å². The molecule has 100 valence electrons. The van der Waals surface area contributed by atoms with E-state index in [2.05, 4.69) is 5.40 Å². The molecule has 0 N–H and O–H groups in total. The van der Waals surface area contributed by atoms with Gasteiger partial charge in [-0.3, -0.25) is 4.79 Å². The maximum Gasteiger partial charge on any atom is 0.164 e. The highest BCUT2D eigenvalue weighted by atomic mass is 35.5. The van der Waals surface area contributed by atoms with Gasteiger partial charge in [0.1, 0.15) is 5.40 Å². The number of benzene rings is 2. The van der Waals surface area contributed by atoms with E-state index >= 15 is 0 Å². The molecule has 2 nitrogen and oxygen atoms in total. The maximum absolute atomic E-state index is 12.2. The Kier molecular flexibility index (Phi) is 5.23. The van der Waals surface area contributed by atoms with E-state index in [4.69, 9.17) is 16.9 Å². The van der Waals surface area contributed by atoms with Crippen LogP contribution in [0.2, 0.25) is 5.02 Å². The van der Waals surface area contributed by atoms with Crippen molar-refractivity contribution in [2.24, 2.45) is 0 Å². The van der Waals surface area contributed by atoms with Gasteiger partial charge < -0.3 is 0 Å². The lowest BCUT2D eigenvalue weighted by Gasteiger charge is -2.12. The minimum atomic E-state index is -0.176. The zero-order valence-corrected chi connectivity index (χ0v) is 12.2. The summed E-state index contributed by atoms with van der Waals surface area (Å²) in [4.78, 5) is 12.2. The summed E-state index contributed by atoms with van der Waals surface area (Å²) in [6.45, 7) is 0. The minimum Gasteiger partial charge on any atom is -0.294 e. The fraction of sp³-hybridized carbons (Fsp3) is 0.125. The molecule has 2 aromatic rings. The van der Waals surface area contributed by atoms with Crippen LogP contribution in [-0.2, 0) is 0 Å². The van der Waals surface area contributed by atoms with Gasteiger partial charge >= 0.3 is 0 Å². The first-order valence-electron chi connectivity index (χ1n) is 6.09. The van der Waals surface area contributed by atoms with Crippen LogP contribution in [0.1, 0.15) is 27.6 Å². The van der Waals surface area contributed by atoms with Crippen molar-refractivity contribution in [2.75, 3.05) is 0 Å². The van der Waals surface area contributed by atoms with Crippen LogP contribution in [0, 0.1) is 10.7 Å². The Hall–Kier alpha value is -1.76. The number of ketones is 1. The van der Waals surface area contributed by atoms with Crippen molar-refractivity contribution in [1.29, 1.82) is 5.26 Å². The van der Waals surface area contributed by atoms with Gasteiger partial charge in [-0.15, -0.1) is 0 Å². The lowest BCUT2D eigenvalue weighted by atomic mass is 10.0. The molecular formula is C16H12ClNOS. The van der Waals surface area contributed by atoms with Crippen molar-refractivity contribution >= 4 is 29.1 Å². The lowest BCUT2D eigenvalue weighted by Crippen LogP contribution is -2.04. The van der Waals surface area contributed by atoms with Crippen LogP contribution in [0.25, 0.3) is 0 Å². The summed E-state index contributed by atoms with van der Waals surface area (Å²) in [7, 11) is 0. The smallest absolute Gasteiger partial charge is 0.164 e. The molecule has 0 fully saturated rings. The summed E-state index contributed by atoms with van der Waals surface area (Å²) in [5.74, 6) is 0.0355. The fourth-order valence-corrected chi connectivity index (χ4v) is 2.66. The third-order valence-corrected chi connectivity index (χ3v) is 3.98. The molecule has 1 unspecified atom stereocenters. The van der Waals surface area contributed by atoms with Crippen molar-refractivity contribution in [2.45, 2.75) is 11.7 Å². The van der Waals surface area contributed by atoms with E-state index in [1.807, 2.05) is 30.3 Å². The number of carbonyl (C=O) groups excluding carboxylic acids is 1. The standard InChI is InChI=1S/C16H12ClNOS/c17-14-8-6-13(7-9-14)16(20-11-18)10-15(19)12-4-2-1-3-5-12/h1-9,16H,10H2. The topological polar surface area (TPSA) is 40.9 Å². The number of nitrogens with zero attached hydrogens (tertiary/aromatic N) is 1. The number of rotatable bonds is 5. The van der Waals surface area contributed by atoms with Gasteiger partial charge in [0.25, 0.3) is 0 Å². The van der Waals surface area contributed by atoms with Crippen LogP contribution in [0.15, 0.2) is 54.6 Å². The second-order valence-corrected chi connectivity index (χ2v) is 5.67. The van der Waals surface area contributed by atoms with Crippen LogP contribution in [0.4, 0.5) is 0 Å². The number of hydrogen-bond donors (Lipinski definition) is 0. The zero-order chi connectivity index (χ0) is 14.4. The molecule has 4 heteroatoms. The Morgan fingerprint density at radius 3 is 2.40 bits per heavy atom. The molecule has 0 aromatic heterocycles. The number of carbonyl (C=O) groups is 1. The van der Waals surface area contributed by atoms with E-state index in [0.717, 1.165) is 17.3 Å². The Morgan fingerprint density at radius 1 is 1.15 bits per heavy atom. The Morgan fingerprint density at radius 2 is 1.80 bits per heavy atom. The molecule has 0 aliphatic rings. The summed E-state index contributed by atoms with van der Waals surface area (Å²) < 4.78 is 0. The predicted molar refractivity (Wildman–Crippen MR) is 82.8 cm³/mol. The van der Waals surface area contributed by atoms with E-state index < -0.39 is 0 Å². The molecule has 0 aliphatic heterocycles. The molecule has 20 heavy (non-hydrogen) atoms. The zero-order valence-electron chi connectivity index (χ0n) is 10.6. The van der Waals surface area contributed by atoms with E-state index in [9.17, 15) is 4.79 Å². The Bertz CT molecular complexity index is 619. The quantitative estimate of drug-likeness (QED) is 0.584. The van der Waals surface area contributed by atoms with E-state index in [1.54, 1.807) is 24.3 Å². The maximum atomic E-state index is 12.2. The van der Waals surface area contributed by atoms with Gasteiger partial charge in [-0.1, -0.05) is 54.1 Å². The van der Waals surface area contributed by atoms with Gasteiger partial charge in [-0.2, -0.15) is 5.26 Å². The second-order valence-electron chi connectivity index (χ2n) is 4.24. The molecule has 0 heterocycles. The third-order valence-electron chi connectivity index (χ3n) is 2.90. The normalized spacial score (nSPS) is 11.6. The average Bonchev–Trinajstić information content (AvgIpc) is 2.48. The minimum absolute atomic E-state index is 0.0355. The van der Waals surface area contributed by atoms with E-state index in [1.165, 1.54) is 0 Å². The first-order chi connectivity index (χ1) is 9.70. The summed E-state index contributed by atoms with van der Waals surface area (Å²) in [6, 6.07) is 16.4. The van der Waals surface area contributed by atoms with Crippen molar-refractivity contribution in [3.63, 3.8) is 0 Å². The molecule has 2 rings (SSSR count). The second kappa shape index (κ2) is 7.14. The number of nitriles is 1. The number of thiocyanates is 1. The first kappa shape index (κ1) is 14.6. The number of halogens is 1. The monoisotopic (exact) mass is 301 g/mol. The average molecular weight is 302 g/mol. The highest BCUT2D eigenvalue weighted by molar-refractivity contribution is 8.03.